The Labute approximate surface area is 148 Å². The number of aromatic nitrogens is 1. The number of benzene rings is 2. The zero-order valence-corrected chi connectivity index (χ0v) is 14.5. The molecule has 2 aromatic carbocycles. The molecule has 1 heterocycles. The molecule has 2 N–H and O–H groups in total. The molecule has 4 nitrogen and oxygen atoms in total. The van der Waals surface area contributed by atoms with Gasteiger partial charge in [0.2, 0.25) is 10.0 Å². The van der Waals surface area contributed by atoms with Crippen molar-refractivity contribution in [1.29, 1.82) is 0 Å². The zero-order valence-electron chi connectivity index (χ0n) is 13.7. The lowest BCUT2D eigenvalue weighted by Crippen LogP contribution is -2.12. The highest BCUT2D eigenvalue weighted by molar-refractivity contribution is 7.89. The van der Waals surface area contributed by atoms with Crippen LogP contribution in [0.3, 0.4) is 0 Å². The highest BCUT2D eigenvalue weighted by atomic mass is 32.2. The molecule has 136 valence electrons. The van der Waals surface area contributed by atoms with E-state index < -0.39 is 21.8 Å². The van der Waals surface area contributed by atoms with E-state index in [0.717, 1.165) is 17.8 Å². The summed E-state index contributed by atoms with van der Waals surface area (Å²) in [6.45, 7) is 1.78. The number of nitrogens with zero attached hydrogens (tertiary/aromatic N) is 1. The van der Waals surface area contributed by atoms with E-state index in [9.17, 15) is 21.6 Å². The van der Waals surface area contributed by atoms with Crippen molar-refractivity contribution < 1.29 is 21.6 Å². The van der Waals surface area contributed by atoms with Gasteiger partial charge in [0, 0.05) is 11.4 Å². The third-order valence-corrected chi connectivity index (χ3v) is 4.88. The summed E-state index contributed by atoms with van der Waals surface area (Å²) in [5.74, 6) is 0. The molecule has 0 saturated heterocycles. The summed E-state index contributed by atoms with van der Waals surface area (Å²) >= 11 is 0. The van der Waals surface area contributed by atoms with Gasteiger partial charge < -0.3 is 4.57 Å². The van der Waals surface area contributed by atoms with Crippen LogP contribution in [0.5, 0.6) is 0 Å². The van der Waals surface area contributed by atoms with E-state index in [1.165, 1.54) is 24.3 Å². The van der Waals surface area contributed by atoms with Crippen molar-refractivity contribution in [3.8, 4) is 16.9 Å². The molecule has 0 bridgehead atoms. The smallest absolute Gasteiger partial charge is 0.314 e. The average molecular weight is 380 g/mol. The molecular formula is C18H15F3N2O2S. The van der Waals surface area contributed by atoms with Crippen molar-refractivity contribution in [2.75, 3.05) is 0 Å². The number of halogens is 3. The van der Waals surface area contributed by atoms with Gasteiger partial charge >= 0.3 is 6.18 Å². The Morgan fingerprint density at radius 3 is 2.31 bits per heavy atom. The highest BCUT2D eigenvalue weighted by Crippen LogP contribution is 2.33. The third-order valence-electron chi connectivity index (χ3n) is 3.97. The molecule has 3 rings (SSSR count). The summed E-state index contributed by atoms with van der Waals surface area (Å²) in [5, 5.41) is 5.17. The maximum Gasteiger partial charge on any atom is 0.416 e. The molecule has 0 aliphatic carbocycles. The quantitative estimate of drug-likeness (QED) is 0.743. The Balaban J connectivity index is 2.18. The lowest BCUT2D eigenvalue weighted by atomic mass is 10.1. The van der Waals surface area contributed by atoms with Gasteiger partial charge in [-0.15, -0.1) is 0 Å². The summed E-state index contributed by atoms with van der Waals surface area (Å²) < 4.78 is 63.9. The fraction of sp³-hybridized carbons (Fsp3) is 0.111. The number of alkyl halides is 3. The maximum atomic E-state index is 13.0. The second-order valence-electron chi connectivity index (χ2n) is 5.82. The molecule has 0 fully saturated rings. The van der Waals surface area contributed by atoms with E-state index in [-0.39, 0.29) is 4.90 Å². The van der Waals surface area contributed by atoms with Crippen molar-refractivity contribution in [2.24, 2.45) is 5.14 Å². The van der Waals surface area contributed by atoms with E-state index in [0.29, 0.717) is 16.9 Å². The minimum atomic E-state index is -4.45. The Kier molecular flexibility index (Phi) is 4.41. The summed E-state index contributed by atoms with van der Waals surface area (Å²) in [7, 11) is -3.89. The van der Waals surface area contributed by atoms with Crippen LogP contribution in [0.25, 0.3) is 16.9 Å². The first kappa shape index (κ1) is 18.2. The molecule has 26 heavy (non-hydrogen) atoms. The molecule has 3 aromatic rings. The lowest BCUT2D eigenvalue weighted by molar-refractivity contribution is -0.137. The fourth-order valence-corrected chi connectivity index (χ4v) is 3.31. The van der Waals surface area contributed by atoms with E-state index in [2.05, 4.69) is 0 Å². The lowest BCUT2D eigenvalue weighted by Gasteiger charge is -2.14. The third kappa shape index (κ3) is 3.51. The van der Waals surface area contributed by atoms with Crippen LogP contribution in [-0.4, -0.2) is 13.0 Å². The van der Waals surface area contributed by atoms with Gasteiger partial charge in [-0.1, -0.05) is 18.2 Å². The second kappa shape index (κ2) is 6.30. The minimum Gasteiger partial charge on any atom is -0.314 e. The first-order valence-corrected chi connectivity index (χ1v) is 9.11. The summed E-state index contributed by atoms with van der Waals surface area (Å²) in [5.41, 5.74) is 1.36. The van der Waals surface area contributed by atoms with Gasteiger partial charge in [0.1, 0.15) is 0 Å². The van der Waals surface area contributed by atoms with Crippen molar-refractivity contribution >= 4 is 10.0 Å². The van der Waals surface area contributed by atoms with Crippen LogP contribution in [0.15, 0.2) is 65.6 Å². The SMILES string of the molecule is Cc1ccc(-c2cccc(C(F)(F)F)c2)n1-c1cccc(S(N)(=O)=O)c1. The maximum absolute atomic E-state index is 13.0. The van der Waals surface area contributed by atoms with Crippen LogP contribution in [0.1, 0.15) is 11.3 Å². The molecule has 0 atom stereocenters. The van der Waals surface area contributed by atoms with Gasteiger partial charge in [-0.3, -0.25) is 0 Å². The molecule has 0 unspecified atom stereocenters. The summed E-state index contributed by atoms with van der Waals surface area (Å²) in [6.07, 6.45) is -4.45. The Bertz CT molecular complexity index is 1070. The number of sulfonamides is 1. The van der Waals surface area contributed by atoms with Crippen LogP contribution in [0.2, 0.25) is 0 Å². The topological polar surface area (TPSA) is 65.1 Å². The number of nitrogens with two attached hydrogens (primary N) is 1. The average Bonchev–Trinajstić information content (AvgIpc) is 2.95. The zero-order chi connectivity index (χ0) is 19.1. The molecular weight excluding hydrogens is 365 g/mol. The summed E-state index contributed by atoms with van der Waals surface area (Å²) in [6, 6.07) is 14.4. The van der Waals surface area contributed by atoms with Crippen molar-refractivity contribution in [2.45, 2.75) is 18.0 Å². The van der Waals surface area contributed by atoms with Crippen molar-refractivity contribution in [1.82, 2.24) is 4.57 Å². The number of rotatable bonds is 3. The predicted octanol–water partition coefficient (Wildman–Crippen LogP) is 4.12. The van der Waals surface area contributed by atoms with Gasteiger partial charge in [-0.25, -0.2) is 13.6 Å². The molecule has 0 radical (unpaired) electrons. The van der Waals surface area contributed by atoms with Crippen LogP contribution in [-0.2, 0) is 16.2 Å². The molecule has 0 saturated carbocycles. The van der Waals surface area contributed by atoms with Gasteiger partial charge in [0.15, 0.2) is 0 Å². The van der Waals surface area contributed by atoms with Crippen molar-refractivity contribution in [3.63, 3.8) is 0 Å². The Morgan fingerprint density at radius 2 is 1.65 bits per heavy atom. The van der Waals surface area contributed by atoms with Crippen molar-refractivity contribution in [3.05, 3.63) is 71.9 Å². The number of hydrogen-bond acceptors (Lipinski definition) is 2. The first-order chi connectivity index (χ1) is 12.1. The largest absolute Gasteiger partial charge is 0.416 e. The fourth-order valence-electron chi connectivity index (χ4n) is 2.76. The van der Waals surface area contributed by atoms with Crippen LogP contribution in [0, 0.1) is 6.92 Å². The van der Waals surface area contributed by atoms with Crippen LogP contribution in [0.4, 0.5) is 13.2 Å². The van der Waals surface area contributed by atoms with E-state index in [4.69, 9.17) is 5.14 Å². The van der Waals surface area contributed by atoms with Gasteiger partial charge in [-0.05, 0) is 55.0 Å². The molecule has 0 amide bonds. The monoisotopic (exact) mass is 380 g/mol. The molecule has 0 aliphatic rings. The highest BCUT2D eigenvalue weighted by Gasteiger charge is 2.30. The van der Waals surface area contributed by atoms with Gasteiger partial charge in [-0.2, -0.15) is 13.2 Å². The van der Waals surface area contributed by atoms with E-state index in [1.807, 2.05) is 0 Å². The van der Waals surface area contributed by atoms with Crippen LogP contribution < -0.4 is 5.14 Å². The minimum absolute atomic E-state index is 0.0712. The second-order valence-corrected chi connectivity index (χ2v) is 7.38. The standard InChI is InChI=1S/C18H15F3N2O2S/c1-12-8-9-17(13-4-2-5-14(10-13)18(19,20)21)23(12)15-6-3-7-16(11-15)26(22,24)25/h2-11H,1H3,(H2,22,24,25). The number of primary sulfonamides is 1. The first-order valence-electron chi connectivity index (χ1n) is 7.56. The Hall–Kier alpha value is -2.58. The van der Waals surface area contributed by atoms with E-state index in [1.54, 1.807) is 35.8 Å². The Morgan fingerprint density at radius 1 is 0.962 bits per heavy atom. The summed E-state index contributed by atoms with van der Waals surface area (Å²) in [4.78, 5) is -0.0712. The normalized spacial score (nSPS) is 12.3. The predicted molar refractivity (Wildman–Crippen MR) is 92.3 cm³/mol. The van der Waals surface area contributed by atoms with Crippen LogP contribution >= 0.6 is 0 Å². The molecule has 1 aromatic heterocycles. The van der Waals surface area contributed by atoms with E-state index >= 15 is 0 Å². The number of aryl methyl sites for hydroxylation is 1. The molecule has 8 heteroatoms. The van der Waals surface area contributed by atoms with Gasteiger partial charge in [0.25, 0.3) is 0 Å². The molecule has 0 spiro atoms. The molecule has 0 aliphatic heterocycles. The number of hydrogen-bond donors (Lipinski definition) is 1. The van der Waals surface area contributed by atoms with Gasteiger partial charge in [0.05, 0.1) is 16.2 Å².